The van der Waals surface area contributed by atoms with Gasteiger partial charge in [-0.05, 0) is 74.1 Å². The fourth-order valence-corrected chi connectivity index (χ4v) is 5.52. The van der Waals surface area contributed by atoms with Crippen LogP contribution in [-0.4, -0.2) is 62.4 Å². The first-order chi connectivity index (χ1) is 17.9. The summed E-state index contributed by atoms with van der Waals surface area (Å²) in [6, 6.07) is 13.8. The number of likely N-dealkylation sites (tertiary alicyclic amines) is 1. The first-order valence-corrected chi connectivity index (χ1v) is 12.8. The molecule has 2 amide bonds. The van der Waals surface area contributed by atoms with Gasteiger partial charge >= 0.3 is 6.09 Å². The van der Waals surface area contributed by atoms with Gasteiger partial charge in [-0.2, -0.15) is 0 Å². The highest BCUT2D eigenvalue weighted by atomic mass is 16.5. The van der Waals surface area contributed by atoms with Crippen LogP contribution in [0.5, 0.6) is 5.75 Å². The molecular formula is C28H31N5O4. The van der Waals surface area contributed by atoms with Crippen molar-refractivity contribution in [2.45, 2.75) is 38.3 Å². The Bertz CT molecular complexity index is 1520. The van der Waals surface area contributed by atoms with Gasteiger partial charge in [-0.15, -0.1) is 0 Å². The van der Waals surface area contributed by atoms with E-state index >= 15 is 0 Å². The number of ether oxygens (including phenoxy) is 1. The van der Waals surface area contributed by atoms with Crippen LogP contribution in [0, 0.1) is 5.92 Å². The molecule has 1 saturated heterocycles. The fourth-order valence-electron chi connectivity index (χ4n) is 5.52. The second kappa shape index (κ2) is 9.14. The number of nitrogens with zero attached hydrogens (tertiary/aromatic N) is 4. The number of carbonyl (C=O) groups excluding carboxylic acids is 1. The van der Waals surface area contributed by atoms with Gasteiger partial charge in [0, 0.05) is 49.2 Å². The van der Waals surface area contributed by atoms with E-state index in [0.29, 0.717) is 24.6 Å². The summed E-state index contributed by atoms with van der Waals surface area (Å²) < 4.78 is 9.91. The minimum atomic E-state index is -1.06. The molecule has 6 rings (SSSR count). The monoisotopic (exact) mass is 501 g/mol. The molecule has 3 heterocycles. The number of piperidine rings is 1. The first-order valence-electron chi connectivity index (χ1n) is 12.8. The minimum Gasteiger partial charge on any atom is -0.497 e. The summed E-state index contributed by atoms with van der Waals surface area (Å²) >= 11 is 0. The van der Waals surface area contributed by atoms with E-state index in [2.05, 4.69) is 32.7 Å². The van der Waals surface area contributed by atoms with Gasteiger partial charge in [0.05, 0.1) is 23.8 Å². The number of amides is 2. The number of hydrogen-bond donors (Lipinski definition) is 2. The number of rotatable bonds is 6. The molecule has 1 unspecified atom stereocenters. The van der Waals surface area contributed by atoms with E-state index < -0.39 is 6.09 Å². The summed E-state index contributed by atoms with van der Waals surface area (Å²) in [6.45, 7) is 1.95. The minimum absolute atomic E-state index is 0.0964. The Morgan fingerprint density at radius 2 is 1.92 bits per heavy atom. The van der Waals surface area contributed by atoms with Crippen molar-refractivity contribution in [3.63, 3.8) is 0 Å². The quantitative estimate of drug-likeness (QED) is 0.406. The van der Waals surface area contributed by atoms with Crippen LogP contribution in [-0.2, 0) is 13.6 Å². The van der Waals surface area contributed by atoms with Crippen LogP contribution < -0.4 is 10.1 Å². The highest BCUT2D eigenvalue weighted by Gasteiger charge is 2.27. The number of benzene rings is 2. The summed E-state index contributed by atoms with van der Waals surface area (Å²) in [4.78, 5) is 31.1. The van der Waals surface area contributed by atoms with Crippen LogP contribution in [0.4, 0.5) is 4.79 Å². The van der Waals surface area contributed by atoms with Crippen molar-refractivity contribution in [2.75, 3.05) is 20.2 Å². The highest BCUT2D eigenvalue weighted by Crippen LogP contribution is 2.37. The van der Waals surface area contributed by atoms with Crippen molar-refractivity contribution in [1.29, 1.82) is 0 Å². The third-order valence-corrected chi connectivity index (χ3v) is 7.64. The van der Waals surface area contributed by atoms with Crippen LogP contribution in [0.2, 0.25) is 0 Å². The zero-order valence-electron chi connectivity index (χ0n) is 21.1. The number of hydrogen-bond acceptors (Lipinski definition) is 4. The topological polar surface area (TPSA) is 102 Å². The third kappa shape index (κ3) is 4.39. The second-order valence-electron chi connectivity index (χ2n) is 10.2. The van der Waals surface area contributed by atoms with Gasteiger partial charge in [0.15, 0.2) is 5.82 Å². The van der Waals surface area contributed by atoms with Crippen molar-refractivity contribution in [3.8, 4) is 17.3 Å². The van der Waals surface area contributed by atoms with E-state index in [1.165, 1.54) is 18.4 Å². The molecule has 0 spiro atoms. The molecule has 2 aliphatic rings. The normalized spacial score (nSPS) is 17.9. The van der Waals surface area contributed by atoms with Crippen molar-refractivity contribution < 1.29 is 19.4 Å². The molecule has 9 heteroatoms. The summed E-state index contributed by atoms with van der Waals surface area (Å²) in [5.74, 6) is 2.29. The Morgan fingerprint density at radius 3 is 2.68 bits per heavy atom. The summed E-state index contributed by atoms with van der Waals surface area (Å²) in [7, 11) is 3.69. The van der Waals surface area contributed by atoms with Crippen LogP contribution in [0.15, 0.2) is 42.5 Å². The molecule has 9 nitrogen and oxygen atoms in total. The predicted molar refractivity (Wildman–Crippen MR) is 141 cm³/mol. The Balaban J connectivity index is 1.36. The lowest BCUT2D eigenvalue weighted by Crippen LogP contribution is -2.49. The molecular weight excluding hydrogens is 470 g/mol. The molecule has 1 atom stereocenters. The van der Waals surface area contributed by atoms with E-state index in [4.69, 9.17) is 14.8 Å². The molecule has 1 saturated carbocycles. The Morgan fingerprint density at radius 1 is 1.11 bits per heavy atom. The van der Waals surface area contributed by atoms with Gasteiger partial charge in [-0.1, -0.05) is 0 Å². The van der Waals surface area contributed by atoms with Crippen LogP contribution >= 0.6 is 0 Å². The fraction of sp³-hybridized carbons (Fsp3) is 0.393. The predicted octanol–water partition coefficient (Wildman–Crippen LogP) is 4.49. The van der Waals surface area contributed by atoms with Gasteiger partial charge in [-0.25, -0.2) is 9.78 Å². The number of aryl methyl sites for hydroxylation is 1. The number of nitrogens with one attached hydrogen (secondary N) is 1. The summed E-state index contributed by atoms with van der Waals surface area (Å²) in [5.41, 5.74) is 4.51. The maximum Gasteiger partial charge on any atom is 0.404 e. The number of imidazole rings is 1. The second-order valence-corrected chi connectivity index (χ2v) is 10.2. The van der Waals surface area contributed by atoms with Gasteiger partial charge in [0.2, 0.25) is 0 Å². The lowest BCUT2D eigenvalue weighted by molar-refractivity contribution is 0.0692. The average Bonchev–Trinajstić information content (AvgIpc) is 3.57. The lowest BCUT2D eigenvalue weighted by atomic mass is 10.0. The Labute approximate surface area is 214 Å². The van der Waals surface area contributed by atoms with Crippen molar-refractivity contribution in [2.24, 2.45) is 13.0 Å². The highest BCUT2D eigenvalue weighted by molar-refractivity contribution is 5.98. The molecule has 4 aromatic rings. The molecule has 192 valence electrons. The van der Waals surface area contributed by atoms with E-state index in [1.54, 1.807) is 12.0 Å². The SMILES string of the molecule is COc1ccc2c(c1)cc(-c1nc3cc(C(=O)N4CCCC(NC(=O)O)C4)ccc3n1C)n2CC1CC1. The van der Waals surface area contributed by atoms with Gasteiger partial charge < -0.3 is 29.2 Å². The Kier molecular flexibility index (Phi) is 5.78. The molecule has 2 N–H and O–H groups in total. The van der Waals surface area contributed by atoms with Crippen molar-refractivity contribution in [1.82, 2.24) is 24.3 Å². The lowest BCUT2D eigenvalue weighted by Gasteiger charge is -2.32. The number of fused-ring (bicyclic) bond motifs is 2. The molecule has 2 fully saturated rings. The molecule has 0 radical (unpaired) electrons. The summed E-state index contributed by atoms with van der Waals surface area (Å²) in [6.07, 6.45) is 2.95. The number of methoxy groups -OCH3 is 1. The smallest absolute Gasteiger partial charge is 0.404 e. The first kappa shape index (κ1) is 23.4. The number of carboxylic acid groups (broad SMARTS) is 1. The standard InChI is InChI=1S/C28H31N5O4/c1-31-24-9-7-18(27(34)32-11-3-4-20(16-32)29-28(35)36)13-22(24)30-26(31)25-14-19-12-21(37-2)8-10-23(19)33(25)15-17-5-6-17/h7-10,12-14,17,20,29H,3-6,11,15-16H2,1-2H3,(H,35,36). The van der Waals surface area contributed by atoms with E-state index in [-0.39, 0.29) is 11.9 Å². The van der Waals surface area contributed by atoms with Crippen LogP contribution in [0.3, 0.4) is 0 Å². The maximum atomic E-state index is 13.3. The largest absolute Gasteiger partial charge is 0.497 e. The number of carbonyl (C=O) groups is 2. The third-order valence-electron chi connectivity index (χ3n) is 7.64. The van der Waals surface area contributed by atoms with E-state index in [1.807, 2.05) is 31.3 Å². The molecule has 37 heavy (non-hydrogen) atoms. The molecule has 0 bridgehead atoms. The zero-order valence-corrected chi connectivity index (χ0v) is 21.1. The molecule has 1 aliphatic heterocycles. The van der Waals surface area contributed by atoms with E-state index in [9.17, 15) is 9.59 Å². The molecule has 1 aliphatic carbocycles. The van der Waals surface area contributed by atoms with Crippen molar-refractivity contribution >= 4 is 33.9 Å². The van der Waals surface area contributed by atoms with Gasteiger partial charge in [0.25, 0.3) is 5.91 Å². The van der Waals surface area contributed by atoms with Gasteiger partial charge in [-0.3, -0.25) is 4.79 Å². The molecule has 2 aromatic heterocycles. The average molecular weight is 502 g/mol. The van der Waals surface area contributed by atoms with Crippen LogP contribution in [0.25, 0.3) is 33.5 Å². The number of aromatic nitrogens is 3. The van der Waals surface area contributed by atoms with Crippen LogP contribution in [0.1, 0.15) is 36.0 Å². The molecule has 2 aromatic carbocycles. The Hall–Kier alpha value is -4.01. The zero-order chi connectivity index (χ0) is 25.7. The van der Waals surface area contributed by atoms with Crippen molar-refractivity contribution in [3.05, 3.63) is 48.0 Å². The maximum absolute atomic E-state index is 13.3. The van der Waals surface area contributed by atoms with Gasteiger partial charge in [0.1, 0.15) is 5.75 Å². The van der Waals surface area contributed by atoms with E-state index in [0.717, 1.165) is 53.1 Å². The summed E-state index contributed by atoms with van der Waals surface area (Å²) in [5, 5.41) is 12.7.